The van der Waals surface area contributed by atoms with E-state index in [0.717, 1.165) is 12.3 Å². The Morgan fingerprint density at radius 2 is 2.30 bits per heavy atom. The van der Waals surface area contributed by atoms with Gasteiger partial charge in [0.2, 0.25) is 0 Å². The molecule has 1 atom stereocenters. The molecule has 10 heavy (non-hydrogen) atoms. The lowest BCUT2D eigenvalue weighted by molar-refractivity contribution is 0.257. The first-order valence-corrected chi connectivity index (χ1v) is 4.33. The maximum atomic E-state index is 5.36. The Bertz CT molecular complexity index is 85.3. The van der Waals surface area contributed by atoms with Crippen molar-refractivity contribution in [1.29, 1.82) is 0 Å². The van der Waals surface area contributed by atoms with Crippen LogP contribution in [0.4, 0.5) is 0 Å². The third-order valence-corrected chi connectivity index (χ3v) is 2.57. The van der Waals surface area contributed by atoms with Gasteiger partial charge in [0.25, 0.3) is 0 Å². The molecule has 1 rings (SSSR count). The van der Waals surface area contributed by atoms with Crippen molar-refractivity contribution in [3.05, 3.63) is 0 Å². The first-order valence-electron chi connectivity index (χ1n) is 4.33. The van der Waals surface area contributed by atoms with Gasteiger partial charge in [0, 0.05) is 6.04 Å². The van der Waals surface area contributed by atoms with Gasteiger partial charge in [-0.05, 0) is 18.8 Å². The van der Waals surface area contributed by atoms with Crippen LogP contribution in [-0.2, 0) is 0 Å². The van der Waals surface area contributed by atoms with Gasteiger partial charge >= 0.3 is 0 Å². The molecule has 1 unspecified atom stereocenters. The van der Waals surface area contributed by atoms with Crippen molar-refractivity contribution < 1.29 is 0 Å². The Balaban J connectivity index is 2.08. The summed E-state index contributed by atoms with van der Waals surface area (Å²) in [4.78, 5) is 0. The quantitative estimate of drug-likeness (QED) is 0.460. The molecule has 0 aromatic carbocycles. The molecule has 2 heteroatoms. The summed E-state index contributed by atoms with van der Waals surface area (Å²) in [7, 11) is 0. The second-order valence-electron chi connectivity index (χ2n) is 3.30. The zero-order valence-corrected chi connectivity index (χ0v) is 6.77. The molecule has 1 saturated carbocycles. The van der Waals surface area contributed by atoms with Crippen LogP contribution in [0.1, 0.15) is 39.0 Å². The molecule has 0 heterocycles. The zero-order chi connectivity index (χ0) is 7.40. The molecule has 0 aromatic rings. The van der Waals surface area contributed by atoms with Crippen molar-refractivity contribution in [3.63, 3.8) is 0 Å². The van der Waals surface area contributed by atoms with Gasteiger partial charge in [0.1, 0.15) is 0 Å². The smallest absolute Gasteiger partial charge is 0.0210 e. The topological polar surface area (TPSA) is 38.0 Å². The fourth-order valence-electron chi connectivity index (χ4n) is 1.48. The predicted octanol–water partition coefficient (Wildman–Crippen LogP) is 1.42. The van der Waals surface area contributed by atoms with Gasteiger partial charge in [-0.25, -0.2) is 0 Å². The Kier molecular flexibility index (Phi) is 3.16. The molecule has 3 N–H and O–H groups in total. The average molecular weight is 142 g/mol. The summed E-state index contributed by atoms with van der Waals surface area (Å²) in [5.74, 6) is 6.33. The minimum Gasteiger partial charge on any atom is -0.271 e. The molecule has 0 bridgehead atoms. The number of nitrogens with one attached hydrogen (secondary N) is 1. The Morgan fingerprint density at radius 3 is 2.60 bits per heavy atom. The second-order valence-corrected chi connectivity index (χ2v) is 3.30. The van der Waals surface area contributed by atoms with E-state index in [1.165, 1.54) is 25.7 Å². The molecule has 0 aliphatic heterocycles. The summed E-state index contributed by atoms with van der Waals surface area (Å²) >= 11 is 0. The molecule has 1 fully saturated rings. The van der Waals surface area contributed by atoms with Gasteiger partial charge in [-0.1, -0.05) is 26.2 Å². The Labute approximate surface area is 63.1 Å². The normalized spacial score (nSPS) is 22.2. The zero-order valence-electron chi connectivity index (χ0n) is 6.77. The van der Waals surface area contributed by atoms with Crippen molar-refractivity contribution in [2.45, 2.75) is 45.1 Å². The fraction of sp³-hybridized carbons (Fsp3) is 1.00. The maximum Gasteiger partial charge on any atom is 0.0210 e. The van der Waals surface area contributed by atoms with Gasteiger partial charge in [-0.3, -0.25) is 11.3 Å². The predicted molar refractivity (Wildman–Crippen MR) is 43.4 cm³/mol. The molecule has 60 valence electrons. The van der Waals surface area contributed by atoms with Crippen LogP contribution in [0.3, 0.4) is 0 Å². The van der Waals surface area contributed by atoms with Crippen LogP contribution < -0.4 is 11.3 Å². The highest BCUT2D eigenvalue weighted by atomic mass is 15.2. The highest BCUT2D eigenvalue weighted by Gasteiger charge is 2.20. The van der Waals surface area contributed by atoms with Crippen molar-refractivity contribution in [2.75, 3.05) is 0 Å². The Morgan fingerprint density at radius 1 is 1.60 bits per heavy atom. The van der Waals surface area contributed by atoms with Gasteiger partial charge in [0.05, 0.1) is 0 Å². The molecule has 1 aliphatic carbocycles. The fourth-order valence-corrected chi connectivity index (χ4v) is 1.48. The number of rotatable bonds is 4. The summed E-state index contributed by atoms with van der Waals surface area (Å²) in [6.07, 6.45) is 6.74. The maximum absolute atomic E-state index is 5.36. The molecule has 0 amide bonds. The van der Waals surface area contributed by atoms with Gasteiger partial charge in [-0.2, -0.15) is 0 Å². The lowest BCUT2D eigenvalue weighted by Gasteiger charge is -2.28. The molecular formula is C8H18N2. The summed E-state index contributed by atoms with van der Waals surface area (Å²) in [6.45, 7) is 2.18. The first kappa shape index (κ1) is 8.02. The summed E-state index contributed by atoms with van der Waals surface area (Å²) in [6, 6.07) is 0.560. The molecular weight excluding hydrogens is 124 g/mol. The monoisotopic (exact) mass is 142 g/mol. The van der Waals surface area contributed by atoms with E-state index >= 15 is 0 Å². The van der Waals surface area contributed by atoms with Crippen LogP contribution in [-0.4, -0.2) is 6.04 Å². The largest absolute Gasteiger partial charge is 0.271 e. The van der Waals surface area contributed by atoms with E-state index in [1.807, 2.05) is 0 Å². The van der Waals surface area contributed by atoms with E-state index in [2.05, 4.69) is 12.3 Å². The summed E-state index contributed by atoms with van der Waals surface area (Å²) < 4.78 is 0. The van der Waals surface area contributed by atoms with Crippen LogP contribution in [0.15, 0.2) is 0 Å². The summed E-state index contributed by atoms with van der Waals surface area (Å²) in [5, 5.41) is 0. The van der Waals surface area contributed by atoms with Crippen LogP contribution >= 0.6 is 0 Å². The summed E-state index contributed by atoms with van der Waals surface area (Å²) in [5.41, 5.74) is 2.85. The molecule has 0 saturated heterocycles. The highest BCUT2D eigenvalue weighted by Crippen LogP contribution is 2.30. The van der Waals surface area contributed by atoms with E-state index in [9.17, 15) is 0 Å². The second kappa shape index (κ2) is 3.94. The van der Waals surface area contributed by atoms with Gasteiger partial charge in [-0.15, -0.1) is 0 Å². The van der Waals surface area contributed by atoms with Crippen molar-refractivity contribution in [1.82, 2.24) is 5.43 Å². The minimum absolute atomic E-state index is 0.560. The van der Waals surface area contributed by atoms with E-state index in [-0.39, 0.29) is 0 Å². The van der Waals surface area contributed by atoms with Crippen LogP contribution in [0.25, 0.3) is 0 Å². The van der Waals surface area contributed by atoms with E-state index in [1.54, 1.807) is 0 Å². The van der Waals surface area contributed by atoms with Crippen molar-refractivity contribution in [2.24, 2.45) is 11.8 Å². The standard InChI is InChI=1S/C8H18N2/c1-2-8(10-9)6-7-4-3-5-7/h7-8,10H,2-6,9H2,1H3. The molecule has 0 spiro atoms. The van der Waals surface area contributed by atoms with Crippen molar-refractivity contribution >= 4 is 0 Å². The number of nitrogens with two attached hydrogens (primary N) is 1. The average Bonchev–Trinajstić information content (AvgIpc) is 1.87. The number of hydrogen-bond donors (Lipinski definition) is 2. The highest BCUT2D eigenvalue weighted by molar-refractivity contribution is 4.74. The lowest BCUT2D eigenvalue weighted by atomic mass is 9.80. The van der Waals surface area contributed by atoms with E-state index < -0.39 is 0 Å². The minimum atomic E-state index is 0.560. The third-order valence-electron chi connectivity index (χ3n) is 2.57. The molecule has 0 aromatic heterocycles. The molecule has 2 nitrogen and oxygen atoms in total. The van der Waals surface area contributed by atoms with Gasteiger partial charge in [0.15, 0.2) is 0 Å². The number of hydrazine groups is 1. The first-order chi connectivity index (χ1) is 4.86. The molecule has 1 aliphatic rings. The Hall–Kier alpha value is -0.0800. The van der Waals surface area contributed by atoms with E-state index in [4.69, 9.17) is 5.84 Å². The van der Waals surface area contributed by atoms with Crippen LogP contribution in [0.2, 0.25) is 0 Å². The molecule has 0 radical (unpaired) electrons. The van der Waals surface area contributed by atoms with E-state index in [0.29, 0.717) is 6.04 Å². The van der Waals surface area contributed by atoms with Crippen molar-refractivity contribution in [3.8, 4) is 0 Å². The number of hydrogen-bond acceptors (Lipinski definition) is 2. The lowest BCUT2D eigenvalue weighted by Crippen LogP contribution is -2.37. The third kappa shape index (κ3) is 1.96. The van der Waals surface area contributed by atoms with Gasteiger partial charge < -0.3 is 0 Å². The van der Waals surface area contributed by atoms with Crippen LogP contribution in [0, 0.1) is 5.92 Å². The SMILES string of the molecule is CCC(CC1CCC1)NN. The van der Waals surface area contributed by atoms with Crippen LogP contribution in [0.5, 0.6) is 0 Å².